The van der Waals surface area contributed by atoms with Crippen LogP contribution in [-0.4, -0.2) is 6.71 Å². The van der Waals surface area contributed by atoms with Crippen LogP contribution < -0.4 is 0 Å². The van der Waals surface area contributed by atoms with E-state index in [2.05, 4.69) is 45.0 Å². The Kier molecular flexibility index (Phi) is 2.03. The molecule has 0 aliphatic carbocycles. The molecule has 0 aromatic rings. The van der Waals surface area contributed by atoms with Gasteiger partial charge in [-0.25, -0.2) is 0 Å². The minimum Gasteiger partial charge on any atom is -0.114 e. The third kappa shape index (κ3) is 1.76. The van der Waals surface area contributed by atoms with Gasteiger partial charge >= 0.3 is 0 Å². The molecule has 0 fully saturated rings. The Labute approximate surface area is 64.1 Å². The lowest BCUT2D eigenvalue weighted by Gasteiger charge is -2.25. The molecule has 0 saturated heterocycles. The first kappa shape index (κ1) is 7.65. The standard InChI is InChI=1S/C9H15B/c1-9(2,3)10-7-5-4-6-8-10/h4-7H,8H2,1-3H3. The molecule has 1 rings (SSSR count). The van der Waals surface area contributed by atoms with Crippen molar-refractivity contribution in [3.8, 4) is 0 Å². The molecular weight excluding hydrogens is 119 g/mol. The monoisotopic (exact) mass is 134 g/mol. The largest absolute Gasteiger partial charge is 0.175 e. The fourth-order valence-electron chi connectivity index (χ4n) is 1.22. The van der Waals surface area contributed by atoms with Crippen LogP contribution in [0.5, 0.6) is 0 Å². The van der Waals surface area contributed by atoms with E-state index >= 15 is 0 Å². The normalized spacial score (nSPS) is 18.1. The molecule has 0 radical (unpaired) electrons. The third-order valence-corrected chi connectivity index (χ3v) is 2.09. The molecular formula is C9H15B. The molecule has 0 bridgehead atoms. The topological polar surface area (TPSA) is 0 Å². The van der Waals surface area contributed by atoms with Gasteiger partial charge in [-0.2, -0.15) is 0 Å². The molecule has 0 amide bonds. The molecule has 54 valence electrons. The lowest BCUT2D eigenvalue weighted by molar-refractivity contribution is 0.741. The maximum atomic E-state index is 2.31. The van der Waals surface area contributed by atoms with Crippen LogP contribution in [0.25, 0.3) is 0 Å². The molecule has 1 aliphatic heterocycles. The van der Waals surface area contributed by atoms with Gasteiger partial charge in [-0.15, -0.1) is 5.98 Å². The average molecular weight is 134 g/mol. The van der Waals surface area contributed by atoms with Crippen molar-refractivity contribution < 1.29 is 0 Å². The van der Waals surface area contributed by atoms with Crippen LogP contribution in [-0.2, 0) is 0 Å². The first-order chi connectivity index (χ1) is 4.61. The zero-order valence-corrected chi connectivity index (χ0v) is 7.09. The SMILES string of the molecule is CC(C)(C)B1C=CC=CC1. The van der Waals surface area contributed by atoms with Gasteiger partial charge in [0.2, 0.25) is 0 Å². The van der Waals surface area contributed by atoms with E-state index in [0.717, 1.165) is 6.71 Å². The van der Waals surface area contributed by atoms with E-state index in [4.69, 9.17) is 0 Å². The van der Waals surface area contributed by atoms with E-state index in [-0.39, 0.29) is 0 Å². The summed E-state index contributed by atoms with van der Waals surface area (Å²) in [5.74, 6) is 2.31. The molecule has 10 heavy (non-hydrogen) atoms. The molecule has 0 spiro atoms. The highest BCUT2D eigenvalue weighted by atomic mass is 14.0. The molecule has 1 aliphatic rings. The van der Waals surface area contributed by atoms with Gasteiger partial charge in [0.1, 0.15) is 0 Å². The Morgan fingerprint density at radius 3 is 2.20 bits per heavy atom. The Morgan fingerprint density at radius 2 is 1.90 bits per heavy atom. The maximum absolute atomic E-state index is 2.31. The van der Waals surface area contributed by atoms with Crippen LogP contribution in [0.2, 0.25) is 11.6 Å². The minimum absolute atomic E-state index is 0.432. The Balaban J connectivity index is 2.60. The van der Waals surface area contributed by atoms with Crippen molar-refractivity contribution in [2.75, 3.05) is 0 Å². The van der Waals surface area contributed by atoms with Crippen LogP contribution in [0, 0.1) is 0 Å². The predicted molar refractivity (Wildman–Crippen MR) is 48.6 cm³/mol. The van der Waals surface area contributed by atoms with Crippen molar-refractivity contribution in [2.24, 2.45) is 0 Å². The van der Waals surface area contributed by atoms with Crippen LogP contribution in [0.4, 0.5) is 0 Å². The molecule has 1 heterocycles. The summed E-state index contributed by atoms with van der Waals surface area (Å²) in [5, 5.41) is 0.432. The molecule has 0 aromatic heterocycles. The van der Waals surface area contributed by atoms with Gasteiger partial charge in [-0.1, -0.05) is 50.6 Å². The summed E-state index contributed by atoms with van der Waals surface area (Å²) in [6, 6.07) is 0. The second-order valence-corrected chi connectivity index (χ2v) is 4.02. The number of hydrogen-bond acceptors (Lipinski definition) is 0. The highest BCUT2D eigenvalue weighted by Crippen LogP contribution is 2.31. The first-order valence-corrected chi connectivity index (χ1v) is 3.94. The van der Waals surface area contributed by atoms with Gasteiger partial charge in [0.05, 0.1) is 0 Å². The van der Waals surface area contributed by atoms with Crippen molar-refractivity contribution in [3.05, 3.63) is 24.2 Å². The molecule has 1 heteroatoms. The van der Waals surface area contributed by atoms with E-state index in [1.54, 1.807) is 0 Å². The van der Waals surface area contributed by atoms with Crippen molar-refractivity contribution >= 4 is 6.71 Å². The van der Waals surface area contributed by atoms with Gasteiger partial charge in [0, 0.05) is 0 Å². The van der Waals surface area contributed by atoms with E-state index in [0.29, 0.717) is 5.31 Å². The maximum Gasteiger partial charge on any atom is 0.175 e. The molecule has 0 aromatic carbocycles. The third-order valence-electron chi connectivity index (χ3n) is 2.09. The fourth-order valence-corrected chi connectivity index (χ4v) is 1.22. The lowest BCUT2D eigenvalue weighted by Crippen LogP contribution is -2.23. The van der Waals surface area contributed by atoms with Crippen LogP contribution in [0.1, 0.15) is 20.8 Å². The van der Waals surface area contributed by atoms with Gasteiger partial charge in [-0.3, -0.25) is 0 Å². The smallest absolute Gasteiger partial charge is 0.114 e. The highest BCUT2D eigenvalue weighted by molar-refractivity contribution is 6.68. The summed E-state index contributed by atoms with van der Waals surface area (Å²) in [6.45, 7) is 7.61. The Bertz CT molecular complexity index is 160. The second kappa shape index (κ2) is 2.65. The van der Waals surface area contributed by atoms with Crippen LogP contribution >= 0.6 is 0 Å². The van der Waals surface area contributed by atoms with Gasteiger partial charge in [0.15, 0.2) is 6.71 Å². The summed E-state index contributed by atoms with van der Waals surface area (Å²) < 4.78 is 0. The minimum atomic E-state index is 0.432. The molecule has 0 saturated carbocycles. The first-order valence-electron chi connectivity index (χ1n) is 3.94. The number of rotatable bonds is 0. The van der Waals surface area contributed by atoms with Crippen molar-refractivity contribution in [1.29, 1.82) is 0 Å². The summed E-state index contributed by atoms with van der Waals surface area (Å²) in [4.78, 5) is 0. The molecule has 0 nitrogen and oxygen atoms in total. The summed E-state index contributed by atoms with van der Waals surface area (Å²) in [6.07, 6.45) is 7.73. The van der Waals surface area contributed by atoms with Crippen molar-refractivity contribution in [2.45, 2.75) is 32.4 Å². The summed E-state index contributed by atoms with van der Waals surface area (Å²) in [5.41, 5.74) is 0. The highest BCUT2D eigenvalue weighted by Gasteiger charge is 2.25. The zero-order chi connectivity index (χ0) is 7.61. The van der Waals surface area contributed by atoms with E-state index in [1.807, 2.05) is 0 Å². The van der Waals surface area contributed by atoms with Crippen molar-refractivity contribution in [1.82, 2.24) is 0 Å². The van der Waals surface area contributed by atoms with E-state index in [1.165, 1.54) is 6.32 Å². The van der Waals surface area contributed by atoms with E-state index in [9.17, 15) is 0 Å². The summed E-state index contributed by atoms with van der Waals surface area (Å²) in [7, 11) is 0. The Morgan fingerprint density at radius 1 is 1.20 bits per heavy atom. The second-order valence-electron chi connectivity index (χ2n) is 4.02. The van der Waals surface area contributed by atoms with Crippen molar-refractivity contribution in [3.63, 3.8) is 0 Å². The Hall–Kier alpha value is -0.455. The number of hydrogen-bond donors (Lipinski definition) is 0. The molecule has 0 atom stereocenters. The molecule has 0 N–H and O–H groups in total. The van der Waals surface area contributed by atoms with Gasteiger partial charge < -0.3 is 0 Å². The van der Waals surface area contributed by atoms with E-state index < -0.39 is 0 Å². The summed E-state index contributed by atoms with van der Waals surface area (Å²) >= 11 is 0. The van der Waals surface area contributed by atoms with Gasteiger partial charge in [0.25, 0.3) is 0 Å². The quantitative estimate of drug-likeness (QED) is 0.447. The molecule has 0 unspecified atom stereocenters. The average Bonchev–Trinajstić information content (AvgIpc) is 1.88. The predicted octanol–water partition coefficient (Wildman–Crippen LogP) is 2.95. The van der Waals surface area contributed by atoms with Gasteiger partial charge in [-0.05, 0) is 0 Å². The number of allylic oxidation sites excluding steroid dienone is 3. The zero-order valence-electron chi connectivity index (χ0n) is 7.09. The fraction of sp³-hybridized carbons (Fsp3) is 0.556. The lowest BCUT2D eigenvalue weighted by atomic mass is 9.32. The van der Waals surface area contributed by atoms with Crippen LogP contribution in [0.15, 0.2) is 24.2 Å². The van der Waals surface area contributed by atoms with Crippen LogP contribution in [0.3, 0.4) is 0 Å².